The largest absolute Gasteiger partial charge is 0.303 e. The van der Waals surface area contributed by atoms with Crippen LogP contribution in [0.1, 0.15) is 36.3 Å². The highest BCUT2D eigenvalue weighted by Gasteiger charge is 2.25. The number of hydrogen-bond acceptors (Lipinski definition) is 1. The monoisotopic (exact) mass is 279 g/mol. The normalized spacial score (nSPS) is 24.9. The highest BCUT2D eigenvalue weighted by molar-refractivity contribution is 9.10. The molecule has 1 nitrogen and oxygen atoms in total. The molecule has 0 N–H and O–H groups in total. The van der Waals surface area contributed by atoms with Crippen molar-refractivity contribution in [1.82, 2.24) is 4.90 Å². The van der Waals surface area contributed by atoms with E-state index in [4.69, 9.17) is 0 Å². The number of rotatable bonds is 2. The number of hydrogen-bond donors (Lipinski definition) is 0. The molecule has 0 spiro atoms. The summed E-state index contributed by atoms with van der Waals surface area (Å²) in [7, 11) is 0. The van der Waals surface area contributed by atoms with E-state index in [1.54, 1.807) is 11.1 Å². The van der Waals surface area contributed by atoms with Gasteiger partial charge in [0.2, 0.25) is 0 Å². The Bertz CT molecular complexity index is 384. The average Bonchev–Trinajstić information content (AvgIpc) is 2.24. The van der Waals surface area contributed by atoms with Crippen LogP contribution in [0.5, 0.6) is 0 Å². The minimum Gasteiger partial charge on any atom is -0.303 e. The van der Waals surface area contributed by atoms with Crippen molar-refractivity contribution in [2.45, 2.75) is 31.6 Å². The number of halogens is 1. The molecule has 1 saturated heterocycles. The van der Waals surface area contributed by atoms with Crippen LogP contribution in [0.3, 0.4) is 0 Å². The minimum atomic E-state index is 0.779. The highest BCUT2D eigenvalue weighted by Crippen LogP contribution is 2.36. The number of fused-ring (bicyclic) bond motifs is 1. The summed E-state index contributed by atoms with van der Waals surface area (Å²) >= 11 is 3.69. The Labute approximate surface area is 106 Å². The smallest absolute Gasteiger partial charge is 0.0210 e. The van der Waals surface area contributed by atoms with Crippen LogP contribution in [-0.2, 0) is 6.42 Å². The van der Waals surface area contributed by atoms with Crippen molar-refractivity contribution < 1.29 is 0 Å². The van der Waals surface area contributed by atoms with Gasteiger partial charge in [-0.1, -0.05) is 28.1 Å². The molecule has 1 aromatic rings. The lowest BCUT2D eigenvalue weighted by atomic mass is 9.82. The standard InChI is InChI=1S/C14H18BrN/c15-14-7-2-5-12-11(4-1-6-13(12)14)10-16-8-3-9-16/h2,5,7,11H,1,3-4,6,8-10H2. The fourth-order valence-corrected chi connectivity index (χ4v) is 3.55. The van der Waals surface area contributed by atoms with Gasteiger partial charge in [-0.3, -0.25) is 0 Å². The number of nitrogens with zero attached hydrogens (tertiary/aromatic N) is 1. The maximum absolute atomic E-state index is 3.69. The lowest BCUT2D eigenvalue weighted by molar-refractivity contribution is 0.165. The summed E-state index contributed by atoms with van der Waals surface area (Å²) in [6.07, 6.45) is 5.39. The fourth-order valence-electron chi connectivity index (χ4n) is 2.97. The molecule has 1 aliphatic heterocycles. The van der Waals surface area contributed by atoms with Crippen molar-refractivity contribution in [3.05, 3.63) is 33.8 Å². The molecular formula is C14H18BrN. The van der Waals surface area contributed by atoms with Crippen molar-refractivity contribution >= 4 is 15.9 Å². The van der Waals surface area contributed by atoms with Crippen LogP contribution in [0.4, 0.5) is 0 Å². The maximum atomic E-state index is 3.69. The summed E-state index contributed by atoms with van der Waals surface area (Å²) in [4.78, 5) is 2.60. The molecule has 0 aromatic heterocycles. The molecular weight excluding hydrogens is 262 g/mol. The van der Waals surface area contributed by atoms with E-state index < -0.39 is 0 Å². The van der Waals surface area contributed by atoms with Gasteiger partial charge < -0.3 is 4.90 Å². The van der Waals surface area contributed by atoms with Crippen LogP contribution >= 0.6 is 15.9 Å². The van der Waals surface area contributed by atoms with Crippen molar-refractivity contribution in [3.63, 3.8) is 0 Å². The third-order valence-electron chi connectivity index (χ3n) is 4.00. The molecule has 3 rings (SSSR count). The first-order valence-electron chi connectivity index (χ1n) is 6.34. The van der Waals surface area contributed by atoms with Gasteiger partial charge in [0.05, 0.1) is 0 Å². The Morgan fingerprint density at radius 3 is 2.88 bits per heavy atom. The fraction of sp³-hybridized carbons (Fsp3) is 0.571. The molecule has 1 heterocycles. The molecule has 2 aliphatic rings. The molecule has 0 radical (unpaired) electrons. The molecule has 0 saturated carbocycles. The van der Waals surface area contributed by atoms with Gasteiger partial charge in [0.25, 0.3) is 0 Å². The second kappa shape index (κ2) is 4.50. The Morgan fingerprint density at radius 1 is 1.25 bits per heavy atom. The highest BCUT2D eigenvalue weighted by atomic mass is 79.9. The molecule has 1 unspecified atom stereocenters. The van der Waals surface area contributed by atoms with Crippen molar-refractivity contribution in [3.8, 4) is 0 Å². The SMILES string of the molecule is Brc1cccc2c1CCCC2CN1CCC1. The van der Waals surface area contributed by atoms with Gasteiger partial charge in [0, 0.05) is 11.0 Å². The van der Waals surface area contributed by atoms with E-state index in [2.05, 4.69) is 39.0 Å². The van der Waals surface area contributed by atoms with Crippen LogP contribution in [0, 0.1) is 0 Å². The lowest BCUT2D eigenvalue weighted by Gasteiger charge is -2.36. The van der Waals surface area contributed by atoms with E-state index in [9.17, 15) is 0 Å². The molecule has 0 amide bonds. The Hall–Kier alpha value is -0.340. The molecule has 1 fully saturated rings. The van der Waals surface area contributed by atoms with Crippen LogP contribution in [0.15, 0.2) is 22.7 Å². The van der Waals surface area contributed by atoms with Gasteiger partial charge in [-0.05, 0) is 61.9 Å². The molecule has 16 heavy (non-hydrogen) atoms. The first-order valence-corrected chi connectivity index (χ1v) is 7.13. The average molecular weight is 280 g/mol. The van der Waals surface area contributed by atoms with E-state index in [-0.39, 0.29) is 0 Å². The van der Waals surface area contributed by atoms with Crippen molar-refractivity contribution in [2.75, 3.05) is 19.6 Å². The van der Waals surface area contributed by atoms with Crippen LogP contribution in [-0.4, -0.2) is 24.5 Å². The first-order chi connectivity index (χ1) is 7.84. The molecule has 1 aliphatic carbocycles. The third-order valence-corrected chi connectivity index (χ3v) is 4.74. The summed E-state index contributed by atoms with van der Waals surface area (Å²) in [6, 6.07) is 6.71. The van der Waals surface area contributed by atoms with Crippen molar-refractivity contribution in [2.24, 2.45) is 0 Å². The Kier molecular flexibility index (Phi) is 3.03. The topological polar surface area (TPSA) is 3.24 Å². The van der Waals surface area contributed by atoms with Crippen LogP contribution in [0.2, 0.25) is 0 Å². The van der Waals surface area contributed by atoms with Crippen LogP contribution < -0.4 is 0 Å². The van der Waals surface area contributed by atoms with Gasteiger partial charge in [-0.2, -0.15) is 0 Å². The minimum absolute atomic E-state index is 0.779. The zero-order chi connectivity index (χ0) is 11.0. The van der Waals surface area contributed by atoms with Crippen molar-refractivity contribution in [1.29, 1.82) is 0 Å². The molecule has 1 atom stereocenters. The Morgan fingerprint density at radius 2 is 2.12 bits per heavy atom. The van der Waals surface area contributed by atoms with Gasteiger partial charge in [-0.15, -0.1) is 0 Å². The van der Waals surface area contributed by atoms with E-state index in [1.165, 1.54) is 49.8 Å². The predicted octanol–water partition coefficient (Wildman–Crippen LogP) is 3.57. The van der Waals surface area contributed by atoms with Gasteiger partial charge >= 0.3 is 0 Å². The molecule has 1 aromatic carbocycles. The second-order valence-electron chi connectivity index (χ2n) is 5.05. The summed E-state index contributed by atoms with van der Waals surface area (Å²) < 4.78 is 1.32. The lowest BCUT2D eigenvalue weighted by Crippen LogP contribution is -2.40. The summed E-state index contributed by atoms with van der Waals surface area (Å²) in [6.45, 7) is 3.92. The van der Waals surface area contributed by atoms with Gasteiger partial charge in [0.1, 0.15) is 0 Å². The third kappa shape index (κ3) is 1.93. The maximum Gasteiger partial charge on any atom is 0.0210 e. The molecule has 86 valence electrons. The van der Waals surface area contributed by atoms with Gasteiger partial charge in [0.15, 0.2) is 0 Å². The summed E-state index contributed by atoms with van der Waals surface area (Å²) in [5.41, 5.74) is 3.17. The van der Waals surface area contributed by atoms with E-state index >= 15 is 0 Å². The first kappa shape index (κ1) is 10.8. The summed E-state index contributed by atoms with van der Waals surface area (Å²) in [5, 5.41) is 0. The number of benzene rings is 1. The zero-order valence-electron chi connectivity index (χ0n) is 9.58. The molecule has 0 bridgehead atoms. The van der Waals surface area contributed by atoms with Crippen LogP contribution in [0.25, 0.3) is 0 Å². The number of likely N-dealkylation sites (tertiary alicyclic amines) is 1. The summed E-state index contributed by atoms with van der Waals surface area (Å²) in [5.74, 6) is 0.779. The van der Waals surface area contributed by atoms with E-state index in [0.717, 1.165) is 5.92 Å². The van der Waals surface area contributed by atoms with Gasteiger partial charge in [-0.25, -0.2) is 0 Å². The second-order valence-corrected chi connectivity index (χ2v) is 5.91. The quantitative estimate of drug-likeness (QED) is 0.800. The Balaban J connectivity index is 1.84. The van der Waals surface area contributed by atoms with E-state index in [0.29, 0.717) is 0 Å². The predicted molar refractivity (Wildman–Crippen MR) is 70.9 cm³/mol. The van der Waals surface area contributed by atoms with E-state index in [1.807, 2.05) is 0 Å². The molecule has 2 heteroatoms. The zero-order valence-corrected chi connectivity index (χ0v) is 11.2.